The second-order valence-electron chi connectivity index (χ2n) is 9.43. The average Bonchev–Trinajstić information content (AvgIpc) is 2.62. The molecule has 2 nitrogen and oxygen atoms in total. The number of hydrogen-bond donors (Lipinski definition) is 1. The fourth-order valence-corrected chi connectivity index (χ4v) is 4.11. The minimum atomic E-state index is -0.637. The van der Waals surface area contributed by atoms with Crippen LogP contribution in [0.25, 0.3) is 0 Å². The SMILES string of the molecule is CCCCCCCCCCCC(CCCCCCCC)CC(C)(C)C(=O)O. The minimum Gasteiger partial charge on any atom is -0.481 e. The van der Waals surface area contributed by atoms with E-state index in [1.54, 1.807) is 0 Å². The van der Waals surface area contributed by atoms with Gasteiger partial charge in [0.15, 0.2) is 0 Å². The van der Waals surface area contributed by atoms with Gasteiger partial charge in [-0.2, -0.15) is 0 Å². The Morgan fingerprint density at radius 1 is 0.667 bits per heavy atom. The lowest BCUT2D eigenvalue weighted by Gasteiger charge is -2.26. The van der Waals surface area contributed by atoms with E-state index >= 15 is 0 Å². The first-order valence-electron chi connectivity index (χ1n) is 12.2. The normalized spacial score (nSPS) is 13.0. The molecule has 0 bridgehead atoms. The summed E-state index contributed by atoms with van der Waals surface area (Å²) in [5.74, 6) is -0.0469. The van der Waals surface area contributed by atoms with Crippen LogP contribution in [0.1, 0.15) is 143 Å². The second kappa shape index (κ2) is 17.6. The van der Waals surface area contributed by atoms with Gasteiger partial charge in [0.1, 0.15) is 0 Å². The molecule has 0 saturated carbocycles. The molecular formula is C25H50O2. The molecule has 1 N–H and O–H groups in total. The van der Waals surface area contributed by atoms with Gasteiger partial charge in [0, 0.05) is 0 Å². The lowest BCUT2D eigenvalue weighted by Crippen LogP contribution is -2.26. The van der Waals surface area contributed by atoms with Gasteiger partial charge in [0.2, 0.25) is 0 Å². The van der Waals surface area contributed by atoms with Crippen molar-refractivity contribution in [2.24, 2.45) is 11.3 Å². The van der Waals surface area contributed by atoms with Crippen molar-refractivity contribution < 1.29 is 9.90 Å². The molecule has 0 aliphatic carbocycles. The summed E-state index contributed by atoms with van der Waals surface area (Å²) in [7, 11) is 0. The molecule has 2 heteroatoms. The van der Waals surface area contributed by atoms with Gasteiger partial charge in [-0.3, -0.25) is 4.79 Å². The molecule has 0 aromatic carbocycles. The Hall–Kier alpha value is -0.530. The van der Waals surface area contributed by atoms with Gasteiger partial charge >= 0.3 is 5.97 Å². The first-order chi connectivity index (χ1) is 12.9. The Balaban J connectivity index is 4.02. The number of rotatable bonds is 20. The van der Waals surface area contributed by atoms with Crippen molar-refractivity contribution in [2.45, 2.75) is 143 Å². The Morgan fingerprint density at radius 3 is 1.33 bits per heavy atom. The van der Waals surface area contributed by atoms with Gasteiger partial charge in [0.25, 0.3) is 0 Å². The zero-order chi connectivity index (χ0) is 20.4. The molecule has 0 amide bonds. The van der Waals surface area contributed by atoms with E-state index in [-0.39, 0.29) is 0 Å². The summed E-state index contributed by atoms with van der Waals surface area (Å²) in [5, 5.41) is 9.49. The van der Waals surface area contributed by atoms with E-state index < -0.39 is 11.4 Å². The summed E-state index contributed by atoms with van der Waals surface area (Å²) >= 11 is 0. The quantitative estimate of drug-likeness (QED) is 0.214. The highest BCUT2D eigenvalue weighted by Crippen LogP contribution is 2.32. The molecule has 0 aliphatic heterocycles. The van der Waals surface area contributed by atoms with Crippen LogP contribution in [0, 0.1) is 11.3 Å². The van der Waals surface area contributed by atoms with E-state index in [1.807, 2.05) is 13.8 Å². The van der Waals surface area contributed by atoms with Crippen LogP contribution in [-0.2, 0) is 4.79 Å². The molecule has 1 atom stereocenters. The molecule has 162 valence electrons. The van der Waals surface area contributed by atoms with Crippen molar-refractivity contribution >= 4 is 5.97 Å². The van der Waals surface area contributed by atoms with Crippen molar-refractivity contribution in [3.8, 4) is 0 Å². The Kier molecular flexibility index (Phi) is 17.2. The van der Waals surface area contributed by atoms with Crippen LogP contribution in [-0.4, -0.2) is 11.1 Å². The summed E-state index contributed by atoms with van der Waals surface area (Å²) < 4.78 is 0. The van der Waals surface area contributed by atoms with Crippen molar-refractivity contribution in [2.75, 3.05) is 0 Å². The highest BCUT2D eigenvalue weighted by Gasteiger charge is 2.30. The molecule has 0 radical (unpaired) electrons. The lowest BCUT2D eigenvalue weighted by molar-refractivity contribution is -0.148. The molecule has 1 unspecified atom stereocenters. The van der Waals surface area contributed by atoms with E-state index in [2.05, 4.69) is 13.8 Å². The number of carbonyl (C=O) groups is 1. The standard InChI is InChI=1S/C25H50O2/c1-5-7-9-11-13-14-15-17-19-21-23(22-25(3,4)24(26)27)20-18-16-12-10-8-6-2/h23H,5-22H2,1-4H3,(H,26,27). The predicted molar refractivity (Wildman–Crippen MR) is 119 cm³/mol. The Morgan fingerprint density at radius 2 is 1.00 bits per heavy atom. The van der Waals surface area contributed by atoms with E-state index in [1.165, 1.54) is 109 Å². The van der Waals surface area contributed by atoms with Gasteiger partial charge in [0.05, 0.1) is 5.41 Å². The molecule has 0 rings (SSSR count). The number of unbranched alkanes of at least 4 members (excludes halogenated alkanes) is 13. The summed E-state index contributed by atoms with van der Waals surface area (Å²) in [4.78, 5) is 11.5. The van der Waals surface area contributed by atoms with Gasteiger partial charge in [-0.15, -0.1) is 0 Å². The Bertz CT molecular complexity index is 335. The molecule has 0 aromatic rings. The molecule has 0 heterocycles. The first kappa shape index (κ1) is 26.5. The summed E-state index contributed by atoms with van der Waals surface area (Å²) in [6.07, 6.45) is 23.5. The van der Waals surface area contributed by atoms with Crippen molar-refractivity contribution in [1.82, 2.24) is 0 Å². The fraction of sp³-hybridized carbons (Fsp3) is 0.960. The maximum Gasteiger partial charge on any atom is 0.309 e. The first-order valence-corrected chi connectivity index (χ1v) is 12.2. The summed E-state index contributed by atoms with van der Waals surface area (Å²) in [5.41, 5.74) is -0.577. The molecule has 0 saturated heterocycles. The zero-order valence-corrected chi connectivity index (χ0v) is 19.2. The topological polar surface area (TPSA) is 37.3 Å². The predicted octanol–water partition coefficient (Wildman–Crippen LogP) is 8.78. The maximum atomic E-state index is 11.5. The molecule has 0 aliphatic rings. The number of carboxylic acid groups (broad SMARTS) is 1. The highest BCUT2D eigenvalue weighted by molar-refractivity contribution is 5.73. The van der Waals surface area contributed by atoms with Crippen LogP contribution in [0.4, 0.5) is 0 Å². The number of aliphatic carboxylic acids is 1. The zero-order valence-electron chi connectivity index (χ0n) is 19.2. The fourth-order valence-electron chi connectivity index (χ4n) is 4.11. The largest absolute Gasteiger partial charge is 0.481 e. The van der Waals surface area contributed by atoms with Crippen LogP contribution in [0.2, 0.25) is 0 Å². The van der Waals surface area contributed by atoms with Gasteiger partial charge in [-0.25, -0.2) is 0 Å². The van der Waals surface area contributed by atoms with Gasteiger partial charge in [-0.05, 0) is 26.2 Å². The van der Waals surface area contributed by atoms with Crippen molar-refractivity contribution in [3.63, 3.8) is 0 Å². The van der Waals surface area contributed by atoms with E-state index in [0.29, 0.717) is 5.92 Å². The van der Waals surface area contributed by atoms with Crippen LogP contribution < -0.4 is 0 Å². The van der Waals surface area contributed by atoms with E-state index in [4.69, 9.17) is 0 Å². The number of hydrogen-bond acceptors (Lipinski definition) is 1. The summed E-state index contributed by atoms with van der Waals surface area (Å²) in [6, 6.07) is 0. The smallest absolute Gasteiger partial charge is 0.309 e. The molecular weight excluding hydrogens is 332 g/mol. The van der Waals surface area contributed by atoms with Crippen LogP contribution in [0.15, 0.2) is 0 Å². The van der Waals surface area contributed by atoms with Crippen LogP contribution >= 0.6 is 0 Å². The van der Waals surface area contributed by atoms with Crippen LogP contribution in [0.5, 0.6) is 0 Å². The molecule has 27 heavy (non-hydrogen) atoms. The van der Waals surface area contributed by atoms with Gasteiger partial charge in [-0.1, -0.05) is 123 Å². The number of carboxylic acids is 1. The van der Waals surface area contributed by atoms with Crippen molar-refractivity contribution in [1.29, 1.82) is 0 Å². The minimum absolute atomic E-state index is 0.577. The molecule has 0 aromatic heterocycles. The molecule has 0 fully saturated rings. The maximum absolute atomic E-state index is 11.5. The van der Waals surface area contributed by atoms with E-state index in [0.717, 1.165) is 6.42 Å². The highest BCUT2D eigenvalue weighted by atomic mass is 16.4. The third kappa shape index (κ3) is 16.2. The molecule has 0 spiro atoms. The summed E-state index contributed by atoms with van der Waals surface area (Å²) in [6.45, 7) is 8.34. The van der Waals surface area contributed by atoms with Crippen LogP contribution in [0.3, 0.4) is 0 Å². The lowest BCUT2D eigenvalue weighted by atomic mass is 9.78. The monoisotopic (exact) mass is 382 g/mol. The average molecular weight is 383 g/mol. The van der Waals surface area contributed by atoms with Crippen molar-refractivity contribution in [3.05, 3.63) is 0 Å². The van der Waals surface area contributed by atoms with E-state index in [9.17, 15) is 9.90 Å². The second-order valence-corrected chi connectivity index (χ2v) is 9.43. The Labute approximate surface area is 170 Å². The third-order valence-corrected chi connectivity index (χ3v) is 6.06. The van der Waals surface area contributed by atoms with Gasteiger partial charge < -0.3 is 5.11 Å². The third-order valence-electron chi connectivity index (χ3n) is 6.06.